The van der Waals surface area contributed by atoms with Crippen LogP contribution in [0.4, 0.5) is 0 Å². The molecule has 0 fully saturated rings. The second-order valence-electron chi connectivity index (χ2n) is 5.24. The van der Waals surface area contributed by atoms with Crippen LogP contribution in [0.5, 0.6) is 0 Å². The van der Waals surface area contributed by atoms with Crippen molar-refractivity contribution in [1.82, 2.24) is 9.38 Å². The topological polar surface area (TPSA) is 43.3 Å². The molecular weight excluding hydrogens is 326 g/mol. The Morgan fingerprint density at radius 3 is 2.62 bits per heavy atom. The highest BCUT2D eigenvalue weighted by atomic mass is 79.9. The Labute approximate surface area is 132 Å². The minimum absolute atomic E-state index is 0.693. The number of nitrogens with two attached hydrogens (primary N) is 1. The standard InChI is InChI=1S/C17H18BrN3/c1-12-4-9-16-20-17(13-5-7-14(18)8-6-13)15(3-2-10-19)21(16)11-12/h4-9,11H,2-3,10,19H2,1H3. The molecule has 2 N–H and O–H groups in total. The molecule has 2 aromatic heterocycles. The zero-order valence-corrected chi connectivity index (χ0v) is 13.6. The van der Waals surface area contributed by atoms with Gasteiger partial charge in [0.2, 0.25) is 0 Å². The summed E-state index contributed by atoms with van der Waals surface area (Å²) < 4.78 is 3.27. The van der Waals surface area contributed by atoms with Crippen LogP contribution < -0.4 is 5.73 Å². The summed E-state index contributed by atoms with van der Waals surface area (Å²) in [5, 5.41) is 0. The van der Waals surface area contributed by atoms with Gasteiger partial charge in [-0.3, -0.25) is 0 Å². The van der Waals surface area contributed by atoms with E-state index in [0.717, 1.165) is 34.2 Å². The van der Waals surface area contributed by atoms with Gasteiger partial charge in [-0.05, 0) is 50.1 Å². The van der Waals surface area contributed by atoms with Crippen LogP contribution in [0.1, 0.15) is 17.7 Å². The fraction of sp³-hybridized carbons (Fsp3) is 0.235. The van der Waals surface area contributed by atoms with Crippen LogP contribution in [-0.2, 0) is 6.42 Å². The highest BCUT2D eigenvalue weighted by Gasteiger charge is 2.13. The highest BCUT2D eigenvalue weighted by molar-refractivity contribution is 9.10. The first-order valence-corrected chi connectivity index (χ1v) is 7.92. The summed E-state index contributed by atoms with van der Waals surface area (Å²) in [4.78, 5) is 4.81. The van der Waals surface area contributed by atoms with Gasteiger partial charge in [0.1, 0.15) is 5.65 Å². The molecule has 21 heavy (non-hydrogen) atoms. The van der Waals surface area contributed by atoms with Crippen LogP contribution in [0.2, 0.25) is 0 Å². The maximum absolute atomic E-state index is 5.69. The highest BCUT2D eigenvalue weighted by Crippen LogP contribution is 2.27. The van der Waals surface area contributed by atoms with Crippen molar-refractivity contribution in [3.63, 3.8) is 0 Å². The SMILES string of the molecule is Cc1ccc2nc(-c3ccc(Br)cc3)c(CCCN)n2c1. The Balaban J connectivity index is 2.18. The summed E-state index contributed by atoms with van der Waals surface area (Å²) in [5.41, 5.74) is 11.4. The first kappa shape index (κ1) is 14.3. The van der Waals surface area contributed by atoms with Crippen LogP contribution in [0.3, 0.4) is 0 Å². The third-order valence-corrected chi connectivity index (χ3v) is 4.13. The molecule has 2 heterocycles. The van der Waals surface area contributed by atoms with Crippen molar-refractivity contribution in [1.29, 1.82) is 0 Å². The number of aromatic nitrogens is 2. The predicted molar refractivity (Wildman–Crippen MR) is 90.4 cm³/mol. The number of aryl methyl sites for hydroxylation is 2. The molecule has 0 bridgehead atoms. The summed E-state index contributed by atoms with van der Waals surface area (Å²) in [5.74, 6) is 0. The van der Waals surface area contributed by atoms with Crippen LogP contribution in [0.25, 0.3) is 16.9 Å². The maximum atomic E-state index is 5.69. The molecule has 1 aromatic carbocycles. The van der Waals surface area contributed by atoms with Crippen molar-refractivity contribution in [3.05, 3.63) is 58.3 Å². The molecule has 0 radical (unpaired) electrons. The molecule has 0 amide bonds. The van der Waals surface area contributed by atoms with E-state index in [1.807, 2.05) is 0 Å². The Hall–Kier alpha value is -1.65. The number of benzene rings is 1. The number of hydrogen-bond donors (Lipinski definition) is 1. The van der Waals surface area contributed by atoms with Crippen molar-refractivity contribution < 1.29 is 0 Å². The van der Waals surface area contributed by atoms with Crippen molar-refractivity contribution >= 4 is 21.6 Å². The number of fused-ring (bicyclic) bond motifs is 1. The lowest BCUT2D eigenvalue weighted by atomic mass is 10.1. The van der Waals surface area contributed by atoms with Crippen molar-refractivity contribution in [2.75, 3.05) is 6.54 Å². The van der Waals surface area contributed by atoms with Crippen LogP contribution in [-0.4, -0.2) is 15.9 Å². The molecule has 0 saturated carbocycles. The molecule has 0 aliphatic rings. The summed E-state index contributed by atoms with van der Waals surface area (Å²) >= 11 is 3.48. The molecule has 0 spiro atoms. The Morgan fingerprint density at radius 2 is 1.90 bits per heavy atom. The fourth-order valence-electron chi connectivity index (χ4n) is 2.55. The lowest BCUT2D eigenvalue weighted by molar-refractivity contribution is 0.803. The molecule has 3 nitrogen and oxygen atoms in total. The largest absolute Gasteiger partial charge is 0.330 e. The summed E-state index contributed by atoms with van der Waals surface area (Å²) in [6.45, 7) is 2.80. The van der Waals surface area contributed by atoms with E-state index in [9.17, 15) is 0 Å². The monoisotopic (exact) mass is 343 g/mol. The summed E-state index contributed by atoms with van der Waals surface area (Å²) in [6.07, 6.45) is 4.05. The number of pyridine rings is 1. The molecule has 108 valence electrons. The fourth-order valence-corrected chi connectivity index (χ4v) is 2.81. The minimum atomic E-state index is 0.693. The molecule has 0 unspecified atom stereocenters. The van der Waals surface area contributed by atoms with Gasteiger partial charge in [-0.2, -0.15) is 0 Å². The zero-order chi connectivity index (χ0) is 14.8. The van der Waals surface area contributed by atoms with Gasteiger partial charge in [0.05, 0.1) is 11.4 Å². The van der Waals surface area contributed by atoms with E-state index in [4.69, 9.17) is 10.7 Å². The van der Waals surface area contributed by atoms with E-state index in [-0.39, 0.29) is 0 Å². The summed E-state index contributed by atoms with van der Waals surface area (Å²) in [7, 11) is 0. The van der Waals surface area contributed by atoms with Gasteiger partial charge in [0.25, 0.3) is 0 Å². The van der Waals surface area contributed by atoms with Crippen molar-refractivity contribution in [3.8, 4) is 11.3 Å². The number of rotatable bonds is 4. The van der Waals surface area contributed by atoms with Crippen molar-refractivity contribution in [2.24, 2.45) is 5.73 Å². The Bertz CT molecular complexity index is 760. The second-order valence-corrected chi connectivity index (χ2v) is 6.16. The Morgan fingerprint density at radius 1 is 1.14 bits per heavy atom. The van der Waals surface area contributed by atoms with Crippen LogP contribution in [0, 0.1) is 6.92 Å². The predicted octanol–water partition coefficient (Wildman–Crippen LogP) is 3.96. The van der Waals surface area contributed by atoms with E-state index in [1.165, 1.54) is 11.3 Å². The van der Waals surface area contributed by atoms with Gasteiger partial charge >= 0.3 is 0 Å². The average molecular weight is 344 g/mol. The van der Waals surface area contributed by atoms with E-state index in [0.29, 0.717) is 6.54 Å². The molecule has 3 aromatic rings. The van der Waals surface area contributed by atoms with E-state index in [2.05, 4.69) is 69.8 Å². The van der Waals surface area contributed by atoms with Gasteiger partial charge in [-0.25, -0.2) is 4.98 Å². The molecule has 0 atom stereocenters. The molecule has 0 aliphatic heterocycles. The normalized spacial score (nSPS) is 11.2. The van der Waals surface area contributed by atoms with Gasteiger partial charge in [0.15, 0.2) is 0 Å². The van der Waals surface area contributed by atoms with Gasteiger partial charge in [0, 0.05) is 16.2 Å². The third-order valence-electron chi connectivity index (χ3n) is 3.60. The lowest BCUT2D eigenvalue weighted by Crippen LogP contribution is -2.03. The van der Waals surface area contributed by atoms with Gasteiger partial charge < -0.3 is 10.1 Å². The van der Waals surface area contributed by atoms with Crippen molar-refractivity contribution in [2.45, 2.75) is 19.8 Å². The molecular formula is C17H18BrN3. The van der Waals surface area contributed by atoms with Gasteiger partial charge in [-0.15, -0.1) is 0 Å². The van der Waals surface area contributed by atoms with Crippen LogP contribution in [0.15, 0.2) is 47.1 Å². The summed E-state index contributed by atoms with van der Waals surface area (Å²) in [6, 6.07) is 12.5. The zero-order valence-electron chi connectivity index (χ0n) is 12.0. The Kier molecular flexibility index (Phi) is 4.08. The van der Waals surface area contributed by atoms with Crippen LogP contribution >= 0.6 is 15.9 Å². The molecule has 3 rings (SSSR count). The lowest BCUT2D eigenvalue weighted by Gasteiger charge is -2.05. The van der Waals surface area contributed by atoms with Gasteiger partial charge in [-0.1, -0.05) is 34.1 Å². The van der Waals surface area contributed by atoms with E-state index < -0.39 is 0 Å². The van der Waals surface area contributed by atoms with E-state index >= 15 is 0 Å². The number of hydrogen-bond acceptors (Lipinski definition) is 2. The molecule has 4 heteroatoms. The average Bonchev–Trinajstić information content (AvgIpc) is 2.83. The number of halogens is 1. The minimum Gasteiger partial charge on any atom is -0.330 e. The van der Waals surface area contributed by atoms with E-state index in [1.54, 1.807) is 0 Å². The first-order chi connectivity index (χ1) is 10.2. The second kappa shape index (κ2) is 6.00. The number of nitrogens with zero attached hydrogens (tertiary/aromatic N) is 2. The maximum Gasteiger partial charge on any atom is 0.137 e. The first-order valence-electron chi connectivity index (χ1n) is 7.12. The molecule has 0 saturated heterocycles. The molecule has 0 aliphatic carbocycles. The quantitative estimate of drug-likeness (QED) is 0.778. The number of imidazole rings is 1. The smallest absolute Gasteiger partial charge is 0.137 e. The third kappa shape index (κ3) is 2.87.